The normalized spacial score (nSPS) is 42.1. The molecule has 8 heteroatoms. The summed E-state index contributed by atoms with van der Waals surface area (Å²) < 4.78 is 6.16. The van der Waals surface area contributed by atoms with Gasteiger partial charge in [0.25, 0.3) is 0 Å². The van der Waals surface area contributed by atoms with Crippen LogP contribution < -0.4 is 0 Å². The molecular formula is C42H67NO7. The van der Waals surface area contributed by atoms with E-state index in [0.717, 1.165) is 76.3 Å². The molecule has 8 nitrogen and oxygen atoms in total. The maximum atomic E-state index is 14.0. The van der Waals surface area contributed by atoms with Gasteiger partial charge in [-0.15, -0.1) is 0 Å². The third-order valence-electron chi connectivity index (χ3n) is 16.6. The maximum absolute atomic E-state index is 14.0. The van der Waals surface area contributed by atoms with Crippen LogP contribution in [0.3, 0.4) is 0 Å². The molecule has 4 saturated carbocycles. The van der Waals surface area contributed by atoms with Crippen molar-refractivity contribution in [3.05, 3.63) is 11.1 Å². The summed E-state index contributed by atoms with van der Waals surface area (Å²) in [5.74, 6) is 0.0611. The zero-order chi connectivity index (χ0) is 36.8. The SMILES string of the molecule is CC(C)C1=C2[C@H]3CC[C@@H]4[C@@]5(C)CC[C@H](OC(=O)CC(C)(C)C(=O)O)C(C)(C)[C@@H]5CC[C@@]4(C)[C@]3(C)CC[C@@]2([C@H](O)CN2CCC[C@H]2CO)CC1=O. The molecule has 3 N–H and O–H groups in total. The number of nitrogens with zero attached hydrogens (tertiary/aromatic N) is 1. The molecule has 1 saturated heterocycles. The number of carbonyl (C=O) groups is 3. The van der Waals surface area contributed by atoms with E-state index in [1.807, 2.05) is 0 Å². The first-order valence-electron chi connectivity index (χ1n) is 19.9. The summed E-state index contributed by atoms with van der Waals surface area (Å²) in [6.45, 7) is 21.1. The smallest absolute Gasteiger partial charge is 0.309 e. The second-order valence-corrected chi connectivity index (χ2v) is 20.0. The fourth-order valence-corrected chi connectivity index (χ4v) is 13.7. The van der Waals surface area contributed by atoms with Gasteiger partial charge in [-0.1, -0.05) is 54.0 Å². The van der Waals surface area contributed by atoms with Crippen molar-refractivity contribution >= 4 is 17.7 Å². The van der Waals surface area contributed by atoms with Crippen molar-refractivity contribution in [3.63, 3.8) is 0 Å². The first-order valence-corrected chi connectivity index (χ1v) is 19.9. The first-order chi connectivity index (χ1) is 23.2. The fraction of sp³-hybridized carbons (Fsp3) is 0.881. The Morgan fingerprint density at radius 2 is 1.64 bits per heavy atom. The molecule has 1 heterocycles. The Kier molecular flexibility index (Phi) is 9.63. The minimum Gasteiger partial charge on any atom is -0.481 e. The number of aliphatic hydroxyl groups is 2. The third-order valence-corrected chi connectivity index (χ3v) is 16.6. The average Bonchev–Trinajstić information content (AvgIpc) is 3.60. The molecule has 1 aliphatic heterocycles. The number of β-amino-alcohol motifs (C(OH)–C–C–N with tert-alkyl or cyclic N) is 1. The number of Topliss-reactive ketones (excluding diaryl/α,β-unsaturated/α-hetero) is 1. The summed E-state index contributed by atoms with van der Waals surface area (Å²) in [4.78, 5) is 41.1. The highest BCUT2D eigenvalue weighted by Crippen LogP contribution is 2.77. The highest BCUT2D eigenvalue weighted by Gasteiger charge is 2.71. The van der Waals surface area contributed by atoms with Crippen molar-refractivity contribution in [1.29, 1.82) is 0 Å². The summed E-state index contributed by atoms with van der Waals surface area (Å²) in [6.07, 6.45) is 9.23. The Hall–Kier alpha value is -1.77. The van der Waals surface area contributed by atoms with E-state index >= 15 is 0 Å². The monoisotopic (exact) mass is 697 g/mol. The number of esters is 1. The molecule has 50 heavy (non-hydrogen) atoms. The van der Waals surface area contributed by atoms with Gasteiger partial charge in [0, 0.05) is 29.8 Å². The molecule has 5 aliphatic carbocycles. The number of hydrogen-bond donors (Lipinski definition) is 3. The number of ketones is 1. The van der Waals surface area contributed by atoms with Crippen LogP contribution >= 0.6 is 0 Å². The summed E-state index contributed by atoms with van der Waals surface area (Å²) in [5, 5.41) is 31.9. The summed E-state index contributed by atoms with van der Waals surface area (Å²) in [5.41, 5.74) is 0.482. The molecular weight excluding hydrogens is 630 g/mol. The number of allylic oxidation sites excluding steroid dienone is 1. The molecule has 0 bridgehead atoms. The van der Waals surface area contributed by atoms with Crippen molar-refractivity contribution in [2.45, 2.75) is 158 Å². The van der Waals surface area contributed by atoms with Crippen molar-refractivity contribution < 1.29 is 34.4 Å². The quantitative estimate of drug-likeness (QED) is 0.216. The van der Waals surface area contributed by atoms with Crippen LogP contribution in [0.2, 0.25) is 0 Å². The lowest BCUT2D eigenvalue weighted by Crippen LogP contribution is -2.66. The Balaban J connectivity index is 1.29. The van der Waals surface area contributed by atoms with E-state index in [9.17, 15) is 29.7 Å². The number of ether oxygens (including phenoxy) is 1. The van der Waals surface area contributed by atoms with E-state index in [4.69, 9.17) is 4.74 Å². The molecule has 0 aromatic heterocycles. The maximum Gasteiger partial charge on any atom is 0.309 e. The van der Waals surface area contributed by atoms with Gasteiger partial charge in [-0.3, -0.25) is 19.3 Å². The highest BCUT2D eigenvalue weighted by molar-refractivity contribution is 6.00. The Labute approximate surface area is 301 Å². The van der Waals surface area contributed by atoms with Crippen LogP contribution in [0.4, 0.5) is 0 Å². The molecule has 10 atom stereocenters. The third kappa shape index (κ3) is 5.49. The van der Waals surface area contributed by atoms with Gasteiger partial charge < -0.3 is 20.1 Å². The molecule has 0 unspecified atom stereocenters. The molecule has 6 rings (SSSR count). The first kappa shape index (κ1) is 38.0. The lowest BCUT2D eigenvalue weighted by Gasteiger charge is -2.72. The minimum atomic E-state index is -1.16. The minimum absolute atomic E-state index is 0.00956. The van der Waals surface area contributed by atoms with Crippen LogP contribution in [-0.4, -0.2) is 75.9 Å². The van der Waals surface area contributed by atoms with Gasteiger partial charge in [-0.2, -0.15) is 0 Å². The molecule has 6 aliphatic rings. The number of carboxylic acid groups (broad SMARTS) is 1. The van der Waals surface area contributed by atoms with Crippen LogP contribution in [0, 0.1) is 56.2 Å². The summed E-state index contributed by atoms with van der Waals surface area (Å²) in [7, 11) is 0. The lowest BCUT2D eigenvalue weighted by molar-refractivity contribution is -0.235. The number of aliphatic hydroxyl groups excluding tert-OH is 2. The molecule has 0 spiro atoms. The van der Waals surface area contributed by atoms with Crippen molar-refractivity contribution in [3.8, 4) is 0 Å². The summed E-state index contributed by atoms with van der Waals surface area (Å²) >= 11 is 0. The van der Waals surface area contributed by atoms with E-state index in [0.29, 0.717) is 24.8 Å². The Morgan fingerprint density at radius 1 is 0.940 bits per heavy atom. The number of carbonyl (C=O) groups excluding carboxylic acids is 2. The molecule has 0 amide bonds. The number of likely N-dealkylation sites (tertiary alicyclic amines) is 1. The number of aliphatic carboxylic acids is 1. The van der Waals surface area contributed by atoms with Crippen LogP contribution in [0.5, 0.6) is 0 Å². The van der Waals surface area contributed by atoms with E-state index in [1.165, 1.54) is 5.57 Å². The number of rotatable bonds is 9. The predicted molar refractivity (Wildman–Crippen MR) is 193 cm³/mol. The second-order valence-electron chi connectivity index (χ2n) is 20.0. The van der Waals surface area contributed by atoms with Crippen LogP contribution in [0.25, 0.3) is 0 Å². The number of hydrogen-bond acceptors (Lipinski definition) is 7. The average molecular weight is 698 g/mol. The van der Waals surface area contributed by atoms with Crippen molar-refractivity contribution in [2.75, 3.05) is 19.7 Å². The standard InChI is InChI=1S/C42H67NO7/c1-25(2)34-28(45)21-42(31(46)23-43-20-10-11-26(43)24-44)19-18-40(8)27(35(34)42)12-13-30-39(7)16-15-32(50-33(47)22-37(3,4)36(48)49)38(5,6)29(39)14-17-41(30,40)9/h25-27,29-32,44,46H,10-24H2,1-9H3,(H,48,49)/t26-,27+,29-,30+,31+,32-,39-,40+,41+,42-/m0/s1. The molecule has 5 fully saturated rings. The Morgan fingerprint density at radius 3 is 2.28 bits per heavy atom. The predicted octanol–water partition coefficient (Wildman–Crippen LogP) is 7.20. The van der Waals surface area contributed by atoms with Gasteiger partial charge in [0.15, 0.2) is 5.78 Å². The van der Waals surface area contributed by atoms with Crippen molar-refractivity contribution in [2.24, 2.45) is 56.2 Å². The van der Waals surface area contributed by atoms with Crippen LogP contribution in [-0.2, 0) is 19.1 Å². The van der Waals surface area contributed by atoms with Gasteiger partial charge in [0.1, 0.15) is 6.10 Å². The van der Waals surface area contributed by atoms with E-state index < -0.39 is 28.9 Å². The number of fused-ring (bicyclic) bond motifs is 7. The second kappa shape index (κ2) is 12.7. The zero-order valence-corrected chi connectivity index (χ0v) is 32.6. The number of carboxylic acids is 1. The Bertz CT molecular complexity index is 1420. The van der Waals surface area contributed by atoms with Crippen molar-refractivity contribution in [1.82, 2.24) is 4.90 Å². The van der Waals surface area contributed by atoms with E-state index in [1.54, 1.807) is 13.8 Å². The van der Waals surface area contributed by atoms with Gasteiger partial charge in [-0.25, -0.2) is 0 Å². The van der Waals surface area contributed by atoms with Gasteiger partial charge in [0.05, 0.1) is 24.5 Å². The largest absolute Gasteiger partial charge is 0.481 e. The zero-order valence-electron chi connectivity index (χ0n) is 32.6. The van der Waals surface area contributed by atoms with Gasteiger partial charge in [-0.05, 0) is 130 Å². The van der Waals surface area contributed by atoms with Gasteiger partial charge >= 0.3 is 11.9 Å². The highest BCUT2D eigenvalue weighted by atomic mass is 16.5. The molecule has 0 radical (unpaired) electrons. The van der Waals surface area contributed by atoms with Crippen LogP contribution in [0.1, 0.15) is 139 Å². The fourth-order valence-electron chi connectivity index (χ4n) is 13.7. The van der Waals surface area contributed by atoms with E-state index in [2.05, 4.69) is 53.4 Å². The topological polar surface area (TPSA) is 124 Å². The van der Waals surface area contributed by atoms with E-state index in [-0.39, 0.29) is 64.5 Å². The molecule has 282 valence electrons. The lowest BCUT2D eigenvalue weighted by atomic mass is 9.33. The molecule has 0 aromatic carbocycles. The summed E-state index contributed by atoms with van der Waals surface area (Å²) in [6, 6.07) is 0.0914. The van der Waals surface area contributed by atoms with Gasteiger partial charge in [0.2, 0.25) is 0 Å². The molecule has 0 aromatic rings. The van der Waals surface area contributed by atoms with Crippen LogP contribution in [0.15, 0.2) is 11.1 Å².